The van der Waals surface area contributed by atoms with Crippen LogP contribution in [0.25, 0.3) is 0 Å². The molecule has 0 unspecified atom stereocenters. The summed E-state index contributed by atoms with van der Waals surface area (Å²) in [7, 11) is 1.87. The van der Waals surface area contributed by atoms with Crippen molar-refractivity contribution in [3.05, 3.63) is 70.8 Å². The van der Waals surface area contributed by atoms with E-state index in [0.29, 0.717) is 35.2 Å². The highest BCUT2D eigenvalue weighted by atomic mass is 35.5. The third-order valence-electron chi connectivity index (χ3n) is 4.28. The lowest BCUT2D eigenvalue weighted by molar-refractivity contribution is -0.137. The number of hydrogen-bond acceptors (Lipinski definition) is 5. The molecule has 0 aliphatic rings. The van der Waals surface area contributed by atoms with Gasteiger partial charge in [0.1, 0.15) is 17.1 Å². The monoisotopic (exact) mass is 456 g/mol. The minimum absolute atomic E-state index is 0.0870. The number of pyridine rings is 1. The summed E-state index contributed by atoms with van der Waals surface area (Å²) in [6.07, 6.45) is -1.54. The minimum atomic E-state index is -4.43. The Morgan fingerprint density at radius 2 is 1.77 bits per heavy atom. The zero-order valence-electron chi connectivity index (χ0n) is 15.8. The van der Waals surface area contributed by atoms with Crippen molar-refractivity contribution >= 4 is 29.0 Å². The summed E-state index contributed by atoms with van der Waals surface area (Å²) in [6.45, 7) is 0.652. The molecule has 0 aliphatic carbocycles. The Hall–Kier alpha value is -2.58. The average molecular weight is 457 g/mol. The predicted octanol–water partition coefficient (Wildman–Crippen LogP) is 5.75. The molecule has 0 saturated heterocycles. The predicted molar refractivity (Wildman–Crippen MR) is 109 cm³/mol. The summed E-state index contributed by atoms with van der Waals surface area (Å²) in [5.41, 5.74) is 0.794. The van der Waals surface area contributed by atoms with E-state index in [-0.39, 0.29) is 11.8 Å². The third-order valence-corrected chi connectivity index (χ3v) is 4.92. The summed E-state index contributed by atoms with van der Waals surface area (Å²) < 4.78 is 43.3. The van der Waals surface area contributed by atoms with Gasteiger partial charge in [-0.15, -0.1) is 11.6 Å². The van der Waals surface area contributed by atoms with Crippen molar-refractivity contribution in [1.29, 1.82) is 0 Å². The zero-order valence-corrected chi connectivity index (χ0v) is 17.3. The second-order valence-electron chi connectivity index (χ2n) is 6.39. The maximum atomic E-state index is 12.6. The van der Waals surface area contributed by atoms with Gasteiger partial charge >= 0.3 is 6.18 Å². The maximum Gasteiger partial charge on any atom is 0.417 e. The molecule has 0 fully saturated rings. The SMILES string of the molecule is CN(CCc1ccc(Oc2ccc(C(F)(F)F)cn2)cc1)c1ncnc(CCl)c1Cl. The van der Waals surface area contributed by atoms with Gasteiger partial charge in [-0.3, -0.25) is 0 Å². The Labute approximate surface area is 181 Å². The molecule has 0 aliphatic heterocycles. The summed E-state index contributed by atoms with van der Waals surface area (Å²) in [5, 5.41) is 0.433. The lowest BCUT2D eigenvalue weighted by Gasteiger charge is -2.20. The number of alkyl halides is 4. The number of likely N-dealkylation sites (N-methyl/N-ethyl adjacent to an activating group) is 1. The van der Waals surface area contributed by atoms with Crippen LogP contribution in [-0.2, 0) is 18.5 Å². The van der Waals surface area contributed by atoms with E-state index in [1.807, 2.05) is 24.1 Å². The standard InChI is InChI=1S/C20H17Cl2F3N4O/c1-29(19-18(22)16(10-21)27-12-28-19)9-8-13-2-5-15(6-3-13)30-17-7-4-14(11-26-17)20(23,24)25/h2-7,11-12H,8-10H2,1H3. The summed E-state index contributed by atoms with van der Waals surface area (Å²) >= 11 is 12.1. The molecule has 0 radical (unpaired) electrons. The quantitative estimate of drug-likeness (QED) is 0.423. The molecule has 0 atom stereocenters. The van der Waals surface area contributed by atoms with Gasteiger partial charge < -0.3 is 9.64 Å². The van der Waals surface area contributed by atoms with E-state index in [4.69, 9.17) is 27.9 Å². The van der Waals surface area contributed by atoms with Crippen LogP contribution in [-0.4, -0.2) is 28.5 Å². The molecule has 2 heterocycles. The third kappa shape index (κ3) is 5.52. The van der Waals surface area contributed by atoms with E-state index in [1.54, 1.807) is 12.1 Å². The van der Waals surface area contributed by atoms with Gasteiger partial charge in [0.05, 0.1) is 17.1 Å². The Bertz CT molecular complexity index is 983. The first-order valence-electron chi connectivity index (χ1n) is 8.84. The number of nitrogens with zero attached hydrogens (tertiary/aromatic N) is 4. The molecule has 5 nitrogen and oxygen atoms in total. The van der Waals surface area contributed by atoms with Crippen LogP contribution >= 0.6 is 23.2 Å². The number of anilines is 1. The molecule has 30 heavy (non-hydrogen) atoms. The lowest BCUT2D eigenvalue weighted by atomic mass is 10.1. The average Bonchev–Trinajstić information content (AvgIpc) is 2.73. The topological polar surface area (TPSA) is 51.1 Å². The fourth-order valence-corrected chi connectivity index (χ4v) is 3.19. The van der Waals surface area contributed by atoms with Gasteiger partial charge in [-0.2, -0.15) is 13.2 Å². The normalized spacial score (nSPS) is 11.4. The largest absolute Gasteiger partial charge is 0.439 e. The number of halogens is 5. The summed E-state index contributed by atoms with van der Waals surface area (Å²) in [5.74, 6) is 1.38. The number of benzene rings is 1. The van der Waals surface area contributed by atoms with Gasteiger partial charge in [0.15, 0.2) is 5.82 Å². The Balaban J connectivity index is 1.58. The summed E-state index contributed by atoms with van der Waals surface area (Å²) in [6, 6.07) is 9.33. The number of rotatable bonds is 7. The van der Waals surface area contributed by atoms with Crippen LogP contribution in [0.4, 0.5) is 19.0 Å². The van der Waals surface area contributed by atoms with E-state index < -0.39 is 11.7 Å². The van der Waals surface area contributed by atoms with E-state index in [2.05, 4.69) is 15.0 Å². The molecule has 158 valence electrons. The van der Waals surface area contributed by atoms with E-state index in [0.717, 1.165) is 17.8 Å². The number of aromatic nitrogens is 3. The Morgan fingerprint density at radius 3 is 2.37 bits per heavy atom. The molecular weight excluding hydrogens is 440 g/mol. The van der Waals surface area contributed by atoms with Gasteiger partial charge in [-0.05, 0) is 30.2 Å². The smallest absolute Gasteiger partial charge is 0.417 e. The Kier molecular flexibility index (Phi) is 6.99. The first-order chi connectivity index (χ1) is 14.3. The number of ether oxygens (including phenoxy) is 1. The van der Waals surface area contributed by atoms with Crippen molar-refractivity contribution in [2.24, 2.45) is 0 Å². The van der Waals surface area contributed by atoms with Crippen molar-refractivity contribution in [3.8, 4) is 11.6 Å². The lowest BCUT2D eigenvalue weighted by Crippen LogP contribution is -2.22. The second-order valence-corrected chi connectivity index (χ2v) is 7.04. The first kappa shape index (κ1) is 22.1. The van der Waals surface area contributed by atoms with Crippen LogP contribution in [0, 0.1) is 0 Å². The second kappa shape index (κ2) is 9.49. The molecule has 1 aromatic carbocycles. The van der Waals surface area contributed by atoms with Crippen LogP contribution in [0.1, 0.15) is 16.8 Å². The molecule has 0 spiro atoms. The number of hydrogen-bond donors (Lipinski definition) is 0. The molecule has 3 rings (SSSR count). The van der Waals surface area contributed by atoms with Crippen LogP contribution < -0.4 is 9.64 Å². The van der Waals surface area contributed by atoms with Crippen LogP contribution in [0.5, 0.6) is 11.6 Å². The highest BCUT2D eigenvalue weighted by molar-refractivity contribution is 6.34. The molecule has 0 N–H and O–H groups in total. The fourth-order valence-electron chi connectivity index (χ4n) is 2.61. The first-order valence-corrected chi connectivity index (χ1v) is 9.75. The van der Waals surface area contributed by atoms with Gasteiger partial charge in [0.25, 0.3) is 0 Å². The maximum absolute atomic E-state index is 12.6. The van der Waals surface area contributed by atoms with Gasteiger partial charge in [0.2, 0.25) is 5.88 Å². The molecule has 0 bridgehead atoms. The minimum Gasteiger partial charge on any atom is -0.439 e. The van der Waals surface area contributed by atoms with Crippen molar-refractivity contribution in [1.82, 2.24) is 15.0 Å². The molecule has 10 heteroatoms. The highest BCUT2D eigenvalue weighted by Crippen LogP contribution is 2.30. The van der Waals surface area contributed by atoms with Crippen molar-refractivity contribution in [2.75, 3.05) is 18.5 Å². The van der Waals surface area contributed by atoms with E-state index in [1.165, 1.54) is 12.4 Å². The van der Waals surface area contributed by atoms with E-state index in [9.17, 15) is 13.2 Å². The molecule has 3 aromatic rings. The molecule has 0 amide bonds. The van der Waals surface area contributed by atoms with Gasteiger partial charge in [-0.25, -0.2) is 15.0 Å². The molecular formula is C20H17Cl2F3N4O. The summed E-state index contributed by atoms with van der Waals surface area (Å²) in [4.78, 5) is 13.9. The van der Waals surface area contributed by atoms with Crippen molar-refractivity contribution in [2.45, 2.75) is 18.5 Å². The van der Waals surface area contributed by atoms with Crippen molar-refractivity contribution in [3.63, 3.8) is 0 Å². The fraction of sp³-hybridized carbons (Fsp3) is 0.250. The van der Waals surface area contributed by atoms with Crippen LogP contribution in [0.3, 0.4) is 0 Å². The molecule has 2 aromatic heterocycles. The highest BCUT2D eigenvalue weighted by Gasteiger charge is 2.30. The van der Waals surface area contributed by atoms with Gasteiger partial charge in [0, 0.05) is 25.9 Å². The molecule has 0 saturated carbocycles. The van der Waals surface area contributed by atoms with Crippen molar-refractivity contribution < 1.29 is 17.9 Å². The van der Waals surface area contributed by atoms with E-state index >= 15 is 0 Å². The van der Waals surface area contributed by atoms with Crippen LogP contribution in [0.2, 0.25) is 5.02 Å². The van der Waals surface area contributed by atoms with Crippen LogP contribution in [0.15, 0.2) is 48.9 Å². The zero-order chi connectivity index (χ0) is 21.7. The van der Waals surface area contributed by atoms with Gasteiger partial charge in [-0.1, -0.05) is 23.7 Å². The Morgan fingerprint density at radius 1 is 1.03 bits per heavy atom.